The minimum Gasteiger partial charge on any atom is -0.332 e. The molecule has 2 heterocycles. The van der Waals surface area contributed by atoms with Gasteiger partial charge in [0.15, 0.2) is 5.03 Å². The third-order valence-electron chi connectivity index (χ3n) is 3.23. The van der Waals surface area contributed by atoms with Crippen LogP contribution in [0.3, 0.4) is 0 Å². The molecule has 0 saturated carbocycles. The van der Waals surface area contributed by atoms with Gasteiger partial charge >= 0.3 is 0 Å². The summed E-state index contributed by atoms with van der Waals surface area (Å²) in [4.78, 5) is 6.94. The maximum absolute atomic E-state index is 12.6. The molecule has 102 valence electrons. The van der Waals surface area contributed by atoms with Crippen molar-refractivity contribution in [1.29, 1.82) is 0 Å². The van der Waals surface area contributed by atoms with Crippen molar-refractivity contribution in [2.75, 3.05) is 19.6 Å². The molecule has 0 spiro atoms. The van der Waals surface area contributed by atoms with Crippen molar-refractivity contribution in [3.05, 3.63) is 12.0 Å². The van der Waals surface area contributed by atoms with E-state index in [1.54, 1.807) is 4.31 Å². The molecule has 18 heavy (non-hydrogen) atoms. The number of imidazole rings is 1. The Kier molecular flexibility index (Phi) is 3.48. The molecule has 0 radical (unpaired) electrons. The lowest BCUT2D eigenvalue weighted by molar-refractivity contribution is 0.185. The predicted molar refractivity (Wildman–Crippen MR) is 68.8 cm³/mol. The molecular weight excluding hydrogens is 252 g/mol. The summed E-state index contributed by atoms with van der Waals surface area (Å²) in [5, 5.41) is 3.40. The first-order chi connectivity index (χ1) is 8.38. The summed E-state index contributed by atoms with van der Waals surface area (Å²) in [6.45, 7) is 7.60. The van der Waals surface area contributed by atoms with Gasteiger partial charge in [0, 0.05) is 31.6 Å². The van der Waals surface area contributed by atoms with Crippen molar-refractivity contribution >= 4 is 10.0 Å². The molecule has 0 aliphatic carbocycles. The number of hydrogen-bond acceptors (Lipinski definition) is 4. The summed E-state index contributed by atoms with van der Waals surface area (Å²) in [6.07, 6.45) is 2.10. The molecule has 1 aliphatic rings. The van der Waals surface area contributed by atoms with Gasteiger partial charge in [0.2, 0.25) is 0 Å². The second kappa shape index (κ2) is 4.64. The van der Waals surface area contributed by atoms with Gasteiger partial charge < -0.3 is 10.3 Å². The van der Waals surface area contributed by atoms with Crippen molar-refractivity contribution in [3.63, 3.8) is 0 Å². The van der Waals surface area contributed by atoms with Gasteiger partial charge in [-0.15, -0.1) is 0 Å². The van der Waals surface area contributed by atoms with E-state index in [4.69, 9.17) is 0 Å². The number of nitrogens with zero attached hydrogens (tertiary/aromatic N) is 2. The highest BCUT2D eigenvalue weighted by atomic mass is 32.2. The number of aryl methyl sites for hydroxylation is 1. The highest BCUT2D eigenvalue weighted by Crippen LogP contribution is 2.24. The Bertz CT molecular complexity index is 521. The van der Waals surface area contributed by atoms with Crippen LogP contribution in [0.1, 0.15) is 26.6 Å². The van der Waals surface area contributed by atoms with Crippen LogP contribution in [0.15, 0.2) is 11.2 Å². The Balaban J connectivity index is 2.35. The van der Waals surface area contributed by atoms with Crippen molar-refractivity contribution in [2.45, 2.75) is 37.8 Å². The van der Waals surface area contributed by atoms with Gasteiger partial charge in [0.1, 0.15) is 5.82 Å². The molecule has 0 aromatic carbocycles. The zero-order valence-electron chi connectivity index (χ0n) is 11.0. The molecule has 1 aliphatic heterocycles. The Labute approximate surface area is 108 Å². The van der Waals surface area contributed by atoms with Crippen LogP contribution in [0.5, 0.6) is 0 Å². The fourth-order valence-electron chi connectivity index (χ4n) is 2.18. The Morgan fingerprint density at radius 2 is 2.22 bits per heavy atom. The van der Waals surface area contributed by atoms with Gasteiger partial charge in [0.25, 0.3) is 10.0 Å². The molecular formula is C11H20N4O2S. The lowest BCUT2D eigenvalue weighted by Crippen LogP contribution is -2.59. The van der Waals surface area contributed by atoms with E-state index in [-0.39, 0.29) is 5.03 Å². The molecule has 0 atom stereocenters. The maximum atomic E-state index is 12.6. The number of aromatic amines is 1. The molecule has 7 heteroatoms. The number of nitrogens with one attached hydrogen (secondary N) is 2. The summed E-state index contributed by atoms with van der Waals surface area (Å²) >= 11 is 0. The van der Waals surface area contributed by atoms with Crippen LogP contribution >= 0.6 is 0 Å². The minimum atomic E-state index is -3.48. The Hall–Kier alpha value is -0.920. The summed E-state index contributed by atoms with van der Waals surface area (Å²) in [5.41, 5.74) is -0.422. The first-order valence-corrected chi connectivity index (χ1v) is 7.59. The van der Waals surface area contributed by atoms with E-state index in [0.717, 1.165) is 0 Å². The number of rotatable bonds is 3. The van der Waals surface area contributed by atoms with Crippen molar-refractivity contribution in [1.82, 2.24) is 19.6 Å². The van der Waals surface area contributed by atoms with Crippen LogP contribution in [-0.4, -0.2) is 47.9 Å². The fraction of sp³-hybridized carbons (Fsp3) is 0.727. The number of aromatic nitrogens is 2. The maximum Gasteiger partial charge on any atom is 0.260 e. The third kappa shape index (κ3) is 2.30. The smallest absolute Gasteiger partial charge is 0.260 e. The van der Waals surface area contributed by atoms with E-state index in [0.29, 0.717) is 31.9 Å². The fourth-order valence-corrected chi connectivity index (χ4v) is 3.90. The zero-order valence-corrected chi connectivity index (χ0v) is 11.8. The van der Waals surface area contributed by atoms with E-state index < -0.39 is 15.6 Å². The Morgan fingerprint density at radius 1 is 1.50 bits per heavy atom. The average molecular weight is 272 g/mol. The standard InChI is InChI=1S/C11H20N4O2S/c1-4-9-13-7-10(14-9)18(16,17)15-6-5-12-8-11(15,2)3/h7,12H,4-6,8H2,1-3H3,(H,13,14). The summed E-state index contributed by atoms with van der Waals surface area (Å²) in [5.74, 6) is 0.696. The predicted octanol–water partition coefficient (Wildman–Crippen LogP) is 0.345. The molecule has 6 nitrogen and oxygen atoms in total. The van der Waals surface area contributed by atoms with Gasteiger partial charge in [-0.3, -0.25) is 0 Å². The molecule has 1 aromatic heterocycles. The number of piperazine rings is 1. The monoisotopic (exact) mass is 272 g/mol. The molecule has 1 fully saturated rings. The van der Waals surface area contributed by atoms with Crippen LogP contribution in [0.4, 0.5) is 0 Å². The lowest BCUT2D eigenvalue weighted by atomic mass is 10.0. The van der Waals surface area contributed by atoms with Gasteiger partial charge in [-0.1, -0.05) is 6.92 Å². The van der Waals surface area contributed by atoms with Crippen LogP contribution in [0.25, 0.3) is 0 Å². The van der Waals surface area contributed by atoms with Crippen LogP contribution in [0, 0.1) is 0 Å². The van der Waals surface area contributed by atoms with E-state index in [2.05, 4.69) is 15.3 Å². The van der Waals surface area contributed by atoms with Crippen molar-refractivity contribution in [3.8, 4) is 0 Å². The number of sulfonamides is 1. The normalized spacial score (nSPS) is 21.1. The summed E-state index contributed by atoms with van der Waals surface area (Å²) in [7, 11) is -3.48. The topological polar surface area (TPSA) is 78.1 Å². The second-order valence-electron chi connectivity index (χ2n) is 5.11. The van der Waals surface area contributed by atoms with E-state index >= 15 is 0 Å². The van der Waals surface area contributed by atoms with Crippen LogP contribution < -0.4 is 5.32 Å². The van der Waals surface area contributed by atoms with Gasteiger partial charge in [0.05, 0.1) is 6.20 Å². The van der Waals surface area contributed by atoms with Crippen molar-refractivity contribution < 1.29 is 8.42 Å². The lowest BCUT2D eigenvalue weighted by Gasteiger charge is -2.41. The van der Waals surface area contributed by atoms with E-state index in [9.17, 15) is 8.42 Å². The minimum absolute atomic E-state index is 0.189. The molecule has 0 unspecified atom stereocenters. The third-order valence-corrected chi connectivity index (χ3v) is 5.25. The highest BCUT2D eigenvalue weighted by molar-refractivity contribution is 7.89. The molecule has 1 saturated heterocycles. The number of H-pyrrole nitrogens is 1. The first kappa shape index (κ1) is 13.5. The van der Waals surface area contributed by atoms with Gasteiger partial charge in [-0.05, 0) is 13.8 Å². The molecule has 1 aromatic rings. The molecule has 0 amide bonds. The van der Waals surface area contributed by atoms with Gasteiger partial charge in [-0.2, -0.15) is 4.31 Å². The van der Waals surface area contributed by atoms with E-state index in [1.165, 1.54) is 6.20 Å². The zero-order chi connectivity index (χ0) is 13.4. The molecule has 2 rings (SSSR count). The molecule has 0 bridgehead atoms. The summed E-state index contributed by atoms with van der Waals surface area (Å²) < 4.78 is 26.7. The average Bonchev–Trinajstić information content (AvgIpc) is 2.77. The van der Waals surface area contributed by atoms with Gasteiger partial charge in [-0.25, -0.2) is 13.4 Å². The quantitative estimate of drug-likeness (QED) is 0.832. The van der Waals surface area contributed by atoms with Crippen LogP contribution in [0.2, 0.25) is 0 Å². The first-order valence-electron chi connectivity index (χ1n) is 6.15. The number of hydrogen-bond donors (Lipinski definition) is 2. The molecule has 2 N–H and O–H groups in total. The SMILES string of the molecule is CCc1ncc(S(=O)(=O)N2CCNCC2(C)C)[nH]1. The Morgan fingerprint density at radius 3 is 2.78 bits per heavy atom. The van der Waals surface area contributed by atoms with Crippen LogP contribution in [-0.2, 0) is 16.4 Å². The largest absolute Gasteiger partial charge is 0.332 e. The summed E-state index contributed by atoms with van der Waals surface area (Å²) in [6, 6.07) is 0. The van der Waals surface area contributed by atoms with E-state index in [1.807, 2.05) is 20.8 Å². The highest BCUT2D eigenvalue weighted by Gasteiger charge is 2.39. The van der Waals surface area contributed by atoms with Crippen molar-refractivity contribution in [2.24, 2.45) is 0 Å². The second-order valence-corrected chi connectivity index (χ2v) is 6.94.